The van der Waals surface area contributed by atoms with Crippen LogP contribution in [-0.4, -0.2) is 58.0 Å². The van der Waals surface area contributed by atoms with Crippen molar-refractivity contribution >= 4 is 17.8 Å². The molecule has 0 aliphatic heterocycles. The van der Waals surface area contributed by atoms with Gasteiger partial charge in [0.05, 0.1) is 11.3 Å². The zero-order chi connectivity index (χ0) is 17.9. The van der Waals surface area contributed by atoms with E-state index in [4.69, 9.17) is 0 Å². The van der Waals surface area contributed by atoms with Crippen molar-refractivity contribution in [1.82, 2.24) is 19.9 Å². The maximum absolute atomic E-state index is 12.7. The fourth-order valence-corrected chi connectivity index (χ4v) is 2.26. The van der Waals surface area contributed by atoms with Gasteiger partial charge in [-0.05, 0) is 13.0 Å². The van der Waals surface area contributed by atoms with Gasteiger partial charge >= 0.3 is 5.97 Å². The zero-order valence-corrected chi connectivity index (χ0v) is 14.0. The number of hydrogen-bond donors (Lipinski definition) is 1. The Morgan fingerprint density at radius 3 is 2.42 bits per heavy atom. The van der Waals surface area contributed by atoms with Gasteiger partial charge < -0.3 is 14.9 Å². The molecule has 2 aromatic heterocycles. The number of carbonyl (C=O) groups is 2. The Morgan fingerprint density at radius 2 is 1.92 bits per heavy atom. The highest BCUT2D eigenvalue weighted by Gasteiger charge is 2.30. The molecule has 0 aromatic carbocycles. The summed E-state index contributed by atoms with van der Waals surface area (Å²) in [4.78, 5) is 39.5. The normalized spacial score (nSPS) is 11.7. The van der Waals surface area contributed by atoms with Crippen molar-refractivity contribution in [2.24, 2.45) is 0 Å². The van der Waals surface area contributed by atoms with Crippen LogP contribution >= 0.6 is 0 Å². The molecule has 24 heavy (non-hydrogen) atoms. The molecule has 0 aliphatic rings. The Kier molecular flexibility index (Phi) is 5.08. The molecular formula is C16H19N5O3. The molecule has 1 amide bonds. The van der Waals surface area contributed by atoms with E-state index in [-0.39, 0.29) is 5.56 Å². The van der Waals surface area contributed by atoms with Crippen molar-refractivity contribution in [1.29, 1.82) is 0 Å². The maximum atomic E-state index is 12.7. The van der Waals surface area contributed by atoms with Crippen LogP contribution in [0.2, 0.25) is 0 Å². The average Bonchev–Trinajstić information content (AvgIpc) is 2.54. The highest BCUT2D eigenvalue weighted by Crippen LogP contribution is 2.22. The first kappa shape index (κ1) is 17.3. The molecule has 0 radical (unpaired) electrons. The number of carbonyl (C=O) groups excluding carboxylic acids is 1. The van der Waals surface area contributed by atoms with Gasteiger partial charge in [0, 0.05) is 45.3 Å². The summed E-state index contributed by atoms with van der Waals surface area (Å²) in [5.41, 5.74) is 1.17. The Hall–Kier alpha value is -3.03. The Morgan fingerprint density at radius 1 is 1.21 bits per heavy atom. The molecule has 0 fully saturated rings. The van der Waals surface area contributed by atoms with E-state index in [1.807, 2.05) is 0 Å². The van der Waals surface area contributed by atoms with Crippen LogP contribution in [0.25, 0.3) is 0 Å². The van der Waals surface area contributed by atoms with Gasteiger partial charge in [-0.1, -0.05) is 6.07 Å². The fraction of sp³-hybridized carbons (Fsp3) is 0.312. The third kappa shape index (κ3) is 3.48. The molecule has 8 nitrogen and oxygen atoms in total. The smallest absolute Gasteiger partial charge is 0.331 e. The minimum absolute atomic E-state index is 0.262. The van der Waals surface area contributed by atoms with E-state index in [1.54, 1.807) is 44.2 Å². The number of rotatable bonds is 5. The van der Waals surface area contributed by atoms with Crippen molar-refractivity contribution < 1.29 is 14.7 Å². The SMILES string of the molecule is Cc1nc(N(C)C)ncc1C(=O)N(C)[C@H](C(=O)O)c1cccnc1. The molecule has 0 saturated carbocycles. The number of likely N-dealkylation sites (N-methyl/N-ethyl adjacent to an activating group) is 1. The third-order valence-electron chi connectivity index (χ3n) is 3.54. The van der Waals surface area contributed by atoms with Crippen LogP contribution < -0.4 is 4.90 Å². The predicted molar refractivity (Wildman–Crippen MR) is 87.8 cm³/mol. The lowest BCUT2D eigenvalue weighted by molar-refractivity contribution is -0.142. The van der Waals surface area contributed by atoms with Crippen LogP contribution in [-0.2, 0) is 4.79 Å². The van der Waals surface area contributed by atoms with Crippen LogP contribution in [0, 0.1) is 6.92 Å². The van der Waals surface area contributed by atoms with E-state index in [0.29, 0.717) is 17.2 Å². The van der Waals surface area contributed by atoms with E-state index in [2.05, 4.69) is 15.0 Å². The van der Waals surface area contributed by atoms with Gasteiger partial charge in [0.2, 0.25) is 5.95 Å². The van der Waals surface area contributed by atoms with Crippen molar-refractivity contribution in [3.8, 4) is 0 Å². The van der Waals surface area contributed by atoms with Gasteiger partial charge in [0.15, 0.2) is 6.04 Å². The maximum Gasteiger partial charge on any atom is 0.331 e. The molecule has 1 atom stereocenters. The Bertz CT molecular complexity index is 749. The molecule has 0 aliphatic carbocycles. The third-order valence-corrected chi connectivity index (χ3v) is 3.54. The molecule has 1 N–H and O–H groups in total. The number of carboxylic acid groups (broad SMARTS) is 1. The molecule has 0 spiro atoms. The lowest BCUT2D eigenvalue weighted by atomic mass is 10.1. The molecular weight excluding hydrogens is 310 g/mol. The van der Waals surface area contributed by atoms with Crippen molar-refractivity contribution in [3.05, 3.63) is 47.5 Å². The van der Waals surface area contributed by atoms with Gasteiger partial charge in [-0.2, -0.15) is 0 Å². The molecule has 0 bridgehead atoms. The number of pyridine rings is 1. The Labute approximate surface area is 139 Å². The van der Waals surface area contributed by atoms with E-state index < -0.39 is 17.9 Å². The summed E-state index contributed by atoms with van der Waals surface area (Å²) in [6.45, 7) is 1.69. The number of hydrogen-bond acceptors (Lipinski definition) is 6. The number of amides is 1. The van der Waals surface area contributed by atoms with Crippen LogP contribution in [0.3, 0.4) is 0 Å². The van der Waals surface area contributed by atoms with E-state index in [1.165, 1.54) is 19.4 Å². The zero-order valence-electron chi connectivity index (χ0n) is 14.0. The van der Waals surface area contributed by atoms with Crippen LogP contribution in [0.15, 0.2) is 30.7 Å². The first-order chi connectivity index (χ1) is 11.3. The number of aromatic nitrogens is 3. The van der Waals surface area contributed by atoms with Gasteiger partial charge in [-0.25, -0.2) is 14.8 Å². The van der Waals surface area contributed by atoms with Crippen molar-refractivity contribution in [2.45, 2.75) is 13.0 Å². The number of anilines is 1. The fourth-order valence-electron chi connectivity index (χ4n) is 2.26. The van der Waals surface area contributed by atoms with Crippen LogP contribution in [0.4, 0.5) is 5.95 Å². The minimum Gasteiger partial charge on any atom is -0.479 e. The number of aryl methyl sites for hydroxylation is 1. The van der Waals surface area contributed by atoms with Gasteiger partial charge in [0.1, 0.15) is 0 Å². The highest BCUT2D eigenvalue weighted by atomic mass is 16.4. The van der Waals surface area contributed by atoms with Gasteiger partial charge in [0.25, 0.3) is 5.91 Å². The topological polar surface area (TPSA) is 99.5 Å². The highest BCUT2D eigenvalue weighted by molar-refractivity contribution is 5.97. The van der Waals surface area contributed by atoms with Crippen LogP contribution in [0.1, 0.15) is 27.7 Å². The summed E-state index contributed by atoms with van der Waals surface area (Å²) in [6, 6.07) is 2.11. The second-order valence-electron chi connectivity index (χ2n) is 5.51. The van der Waals surface area contributed by atoms with Gasteiger partial charge in [-0.15, -0.1) is 0 Å². The lowest BCUT2D eigenvalue weighted by Crippen LogP contribution is -2.36. The predicted octanol–water partition coefficient (Wildman–Crippen LogP) is 1.14. The molecule has 126 valence electrons. The van der Waals surface area contributed by atoms with E-state index >= 15 is 0 Å². The molecule has 2 heterocycles. The lowest BCUT2D eigenvalue weighted by Gasteiger charge is -2.25. The summed E-state index contributed by atoms with van der Waals surface area (Å²) in [7, 11) is 5.03. The molecule has 0 unspecified atom stereocenters. The first-order valence-corrected chi connectivity index (χ1v) is 7.23. The summed E-state index contributed by atoms with van der Waals surface area (Å²) in [5, 5.41) is 9.52. The van der Waals surface area contributed by atoms with Crippen molar-refractivity contribution in [2.75, 3.05) is 26.0 Å². The second-order valence-corrected chi connectivity index (χ2v) is 5.51. The number of nitrogens with zero attached hydrogens (tertiary/aromatic N) is 5. The number of aliphatic carboxylic acids is 1. The molecule has 2 aromatic rings. The summed E-state index contributed by atoms with van der Waals surface area (Å²) in [6.07, 6.45) is 4.39. The van der Waals surface area contributed by atoms with Crippen molar-refractivity contribution in [3.63, 3.8) is 0 Å². The second kappa shape index (κ2) is 7.03. The largest absolute Gasteiger partial charge is 0.479 e. The minimum atomic E-state index is -1.14. The number of carboxylic acids is 1. The molecule has 8 heteroatoms. The average molecular weight is 329 g/mol. The molecule has 2 rings (SSSR count). The summed E-state index contributed by atoms with van der Waals surface area (Å²) >= 11 is 0. The van der Waals surface area contributed by atoms with Gasteiger partial charge in [-0.3, -0.25) is 9.78 Å². The standard InChI is InChI=1S/C16H19N5O3/c1-10-12(9-18-16(19-10)20(2)3)14(22)21(4)13(15(23)24)11-6-5-7-17-8-11/h5-9,13H,1-4H3,(H,23,24)/t13-/m0/s1. The van der Waals surface area contributed by atoms with E-state index in [9.17, 15) is 14.7 Å². The first-order valence-electron chi connectivity index (χ1n) is 7.23. The summed E-state index contributed by atoms with van der Waals surface area (Å²) in [5.74, 6) is -1.12. The van der Waals surface area contributed by atoms with E-state index in [0.717, 1.165) is 4.90 Å². The summed E-state index contributed by atoms with van der Waals surface area (Å²) < 4.78 is 0. The molecule has 0 saturated heterocycles. The quantitative estimate of drug-likeness (QED) is 0.878. The van der Waals surface area contributed by atoms with Crippen LogP contribution in [0.5, 0.6) is 0 Å². The Balaban J connectivity index is 2.35. The monoisotopic (exact) mass is 329 g/mol.